The number of carbonyl (C=O) groups excluding carboxylic acids is 1. The molecule has 0 aliphatic rings. The molecule has 0 unspecified atom stereocenters. The van der Waals surface area contributed by atoms with E-state index in [0.717, 1.165) is 23.5 Å². The molecule has 3 aromatic carbocycles. The molecule has 1 N–H and O–H groups in total. The lowest BCUT2D eigenvalue weighted by Crippen LogP contribution is -2.15. The highest BCUT2D eigenvalue weighted by Gasteiger charge is 2.30. The van der Waals surface area contributed by atoms with Crippen LogP contribution >= 0.6 is 11.3 Å². The lowest BCUT2D eigenvalue weighted by Gasteiger charge is -2.12. The number of thiazole rings is 1. The van der Waals surface area contributed by atoms with Crippen molar-refractivity contribution in [3.8, 4) is 23.0 Å². The second kappa shape index (κ2) is 10.4. The van der Waals surface area contributed by atoms with Gasteiger partial charge in [-0.1, -0.05) is 29.5 Å². The number of rotatable bonds is 7. The van der Waals surface area contributed by atoms with Crippen molar-refractivity contribution in [2.75, 3.05) is 19.5 Å². The van der Waals surface area contributed by atoms with Crippen LogP contribution in [-0.2, 0) is 17.4 Å². The van der Waals surface area contributed by atoms with E-state index in [1.165, 1.54) is 44.7 Å². The van der Waals surface area contributed by atoms with Crippen LogP contribution in [0.1, 0.15) is 11.1 Å². The summed E-state index contributed by atoms with van der Waals surface area (Å²) in [6.07, 6.45) is -3.28. The van der Waals surface area contributed by atoms with Crippen LogP contribution in [0.3, 0.4) is 0 Å². The van der Waals surface area contributed by atoms with E-state index in [0.29, 0.717) is 32.9 Å². The number of ether oxygens (including phenoxy) is 3. The van der Waals surface area contributed by atoms with E-state index in [1.807, 2.05) is 0 Å². The number of hydrogen-bond donors (Lipinski definition) is 1. The van der Waals surface area contributed by atoms with Gasteiger partial charge in [-0.15, -0.1) is 0 Å². The third-order valence-electron chi connectivity index (χ3n) is 5.73. The maximum atomic E-state index is 15.0. The Balaban J connectivity index is 1.37. The maximum absolute atomic E-state index is 15.0. The van der Waals surface area contributed by atoms with Gasteiger partial charge in [-0.05, 0) is 23.8 Å². The van der Waals surface area contributed by atoms with Crippen molar-refractivity contribution < 1.29 is 36.6 Å². The SMILES string of the molecule is COc1cc2nccc(Oc3cc4sc(NC(=O)Cc5cccc(C(F)(F)F)c5)nc4cc3F)c2cc1OC. The minimum atomic E-state index is -4.51. The Morgan fingerprint density at radius 1 is 0.949 bits per heavy atom. The fourth-order valence-corrected chi connectivity index (χ4v) is 4.82. The predicted molar refractivity (Wildman–Crippen MR) is 138 cm³/mol. The molecule has 2 heterocycles. The second-order valence-corrected chi connectivity index (χ2v) is 9.36. The number of alkyl halides is 3. The van der Waals surface area contributed by atoms with Gasteiger partial charge in [0.2, 0.25) is 5.91 Å². The van der Waals surface area contributed by atoms with E-state index in [-0.39, 0.29) is 28.4 Å². The highest BCUT2D eigenvalue weighted by atomic mass is 32.1. The molecule has 7 nitrogen and oxygen atoms in total. The largest absolute Gasteiger partial charge is 0.493 e. The number of amides is 1. The Bertz CT molecular complexity index is 1700. The molecule has 0 radical (unpaired) electrons. The summed E-state index contributed by atoms with van der Waals surface area (Å²) in [5.41, 5.74) is 0.194. The van der Waals surface area contributed by atoms with Gasteiger partial charge < -0.3 is 19.5 Å². The third-order valence-corrected chi connectivity index (χ3v) is 6.67. The van der Waals surface area contributed by atoms with Crippen molar-refractivity contribution in [1.82, 2.24) is 9.97 Å². The lowest BCUT2D eigenvalue weighted by molar-refractivity contribution is -0.137. The number of methoxy groups -OCH3 is 2. The fraction of sp³-hybridized carbons (Fsp3) is 0.148. The van der Waals surface area contributed by atoms with E-state index in [4.69, 9.17) is 14.2 Å². The number of nitrogens with zero attached hydrogens (tertiary/aromatic N) is 2. The van der Waals surface area contributed by atoms with E-state index >= 15 is 0 Å². The number of aromatic nitrogens is 2. The summed E-state index contributed by atoms with van der Waals surface area (Å²) in [6, 6.07) is 12.1. The molecule has 0 bridgehead atoms. The van der Waals surface area contributed by atoms with Crippen LogP contribution in [0.2, 0.25) is 0 Å². The lowest BCUT2D eigenvalue weighted by atomic mass is 10.1. The van der Waals surface area contributed by atoms with Gasteiger partial charge in [-0.2, -0.15) is 13.2 Å². The van der Waals surface area contributed by atoms with Crippen molar-refractivity contribution in [2.45, 2.75) is 12.6 Å². The van der Waals surface area contributed by atoms with Gasteiger partial charge in [-0.3, -0.25) is 9.78 Å². The Kier molecular flexibility index (Phi) is 6.96. The van der Waals surface area contributed by atoms with Crippen molar-refractivity contribution in [3.63, 3.8) is 0 Å². The van der Waals surface area contributed by atoms with Crippen molar-refractivity contribution in [2.24, 2.45) is 0 Å². The van der Waals surface area contributed by atoms with Crippen LogP contribution in [0.5, 0.6) is 23.0 Å². The molecule has 0 atom stereocenters. The minimum absolute atomic E-state index is 0.0738. The number of pyridine rings is 1. The van der Waals surface area contributed by atoms with Gasteiger partial charge >= 0.3 is 6.18 Å². The van der Waals surface area contributed by atoms with E-state index < -0.39 is 23.5 Å². The maximum Gasteiger partial charge on any atom is 0.416 e. The first-order chi connectivity index (χ1) is 18.6. The number of hydrogen-bond acceptors (Lipinski definition) is 7. The quantitative estimate of drug-likeness (QED) is 0.217. The van der Waals surface area contributed by atoms with Crippen molar-refractivity contribution in [3.05, 3.63) is 77.7 Å². The number of nitrogens with one attached hydrogen (secondary N) is 1. The molecule has 0 spiro atoms. The molecule has 0 aliphatic carbocycles. The summed E-state index contributed by atoms with van der Waals surface area (Å²) in [7, 11) is 3.00. The molecule has 5 aromatic rings. The number of fused-ring (bicyclic) bond motifs is 2. The van der Waals surface area contributed by atoms with Gasteiger partial charge in [0.25, 0.3) is 0 Å². The topological polar surface area (TPSA) is 82.6 Å². The smallest absolute Gasteiger partial charge is 0.416 e. The summed E-state index contributed by atoms with van der Waals surface area (Å²) < 4.78 is 70.9. The summed E-state index contributed by atoms with van der Waals surface area (Å²) in [4.78, 5) is 21.0. The van der Waals surface area contributed by atoms with Crippen LogP contribution in [0, 0.1) is 5.82 Å². The van der Waals surface area contributed by atoms with Crippen LogP contribution in [0.4, 0.5) is 22.7 Å². The minimum Gasteiger partial charge on any atom is -0.493 e. The standard InChI is InChI=1S/C27H19F4N3O4S/c1-36-22-10-16-18(12-23(22)37-2)32-7-6-20(16)38-21-13-24-19(11-17(21)28)33-26(39-24)34-25(35)9-14-4-3-5-15(8-14)27(29,30)31/h3-8,10-13H,9H2,1-2H3,(H,33,34,35). The zero-order valence-electron chi connectivity index (χ0n) is 20.4. The monoisotopic (exact) mass is 557 g/mol. The number of carbonyl (C=O) groups is 1. The molecule has 0 fully saturated rings. The van der Waals surface area contributed by atoms with Crippen molar-refractivity contribution in [1.29, 1.82) is 0 Å². The molecular weight excluding hydrogens is 538 g/mol. The Morgan fingerprint density at radius 2 is 1.72 bits per heavy atom. The number of anilines is 1. The van der Waals surface area contributed by atoms with E-state index in [9.17, 15) is 22.4 Å². The van der Waals surface area contributed by atoms with Crippen LogP contribution in [0.25, 0.3) is 21.1 Å². The molecule has 0 aliphatic heterocycles. The summed E-state index contributed by atoms with van der Waals surface area (Å²) in [5.74, 6) is -0.0482. The van der Waals surface area contributed by atoms with Gasteiger partial charge in [0, 0.05) is 29.8 Å². The van der Waals surface area contributed by atoms with E-state index in [2.05, 4.69) is 15.3 Å². The number of benzene rings is 3. The molecule has 12 heteroatoms. The van der Waals surface area contributed by atoms with Gasteiger partial charge in [0.05, 0.1) is 41.9 Å². The summed E-state index contributed by atoms with van der Waals surface area (Å²) in [5, 5.41) is 3.31. The van der Waals surface area contributed by atoms with Crippen LogP contribution < -0.4 is 19.5 Å². The molecular formula is C27H19F4N3O4S. The van der Waals surface area contributed by atoms with Crippen molar-refractivity contribution >= 4 is 43.5 Å². The first-order valence-electron chi connectivity index (χ1n) is 11.4. The molecule has 0 saturated carbocycles. The first kappa shape index (κ1) is 26.2. The molecule has 2 aromatic heterocycles. The molecule has 200 valence electrons. The third kappa shape index (κ3) is 5.55. The summed E-state index contributed by atoms with van der Waals surface area (Å²) >= 11 is 1.07. The fourth-order valence-electron chi connectivity index (χ4n) is 3.92. The predicted octanol–water partition coefficient (Wildman–Crippen LogP) is 6.99. The van der Waals surface area contributed by atoms with Gasteiger partial charge in [0.15, 0.2) is 28.2 Å². The molecule has 5 rings (SSSR count). The average Bonchev–Trinajstić information content (AvgIpc) is 3.28. The first-order valence-corrected chi connectivity index (χ1v) is 12.2. The molecule has 1 amide bonds. The Hall–Kier alpha value is -4.45. The zero-order valence-corrected chi connectivity index (χ0v) is 21.2. The second-order valence-electron chi connectivity index (χ2n) is 8.33. The molecule has 0 saturated heterocycles. The highest BCUT2D eigenvalue weighted by molar-refractivity contribution is 7.22. The Morgan fingerprint density at radius 3 is 2.46 bits per heavy atom. The van der Waals surface area contributed by atoms with Crippen LogP contribution in [0.15, 0.2) is 60.8 Å². The average molecular weight is 558 g/mol. The van der Waals surface area contributed by atoms with E-state index in [1.54, 1.807) is 18.2 Å². The summed E-state index contributed by atoms with van der Waals surface area (Å²) in [6.45, 7) is 0. The molecule has 39 heavy (non-hydrogen) atoms. The zero-order chi connectivity index (χ0) is 27.7. The Labute approximate surface area is 223 Å². The number of halogens is 4. The van der Waals surface area contributed by atoms with Crippen LogP contribution in [-0.4, -0.2) is 30.1 Å². The van der Waals surface area contributed by atoms with Gasteiger partial charge in [-0.25, -0.2) is 9.37 Å². The van der Waals surface area contributed by atoms with Gasteiger partial charge in [0.1, 0.15) is 5.75 Å². The highest BCUT2D eigenvalue weighted by Crippen LogP contribution is 2.39. The normalized spacial score (nSPS) is 11.5.